The Morgan fingerprint density at radius 1 is 1.06 bits per heavy atom. The van der Waals surface area contributed by atoms with Gasteiger partial charge in [-0.1, -0.05) is 48.5 Å². The van der Waals surface area contributed by atoms with Gasteiger partial charge in [0.15, 0.2) is 11.6 Å². The van der Waals surface area contributed by atoms with E-state index in [4.69, 9.17) is 14.6 Å². The molecule has 0 atom stereocenters. The molecule has 0 radical (unpaired) electrons. The number of aromatic nitrogens is 2. The van der Waals surface area contributed by atoms with Crippen molar-refractivity contribution < 1.29 is 18.7 Å². The zero-order valence-electron chi connectivity index (χ0n) is 20.4. The molecule has 0 unspecified atom stereocenters. The Balaban J connectivity index is 1.56. The molecule has 184 valence electrons. The second-order valence-corrected chi connectivity index (χ2v) is 9.02. The Morgan fingerprint density at radius 3 is 2.53 bits per heavy atom. The predicted octanol–water partition coefficient (Wildman–Crippen LogP) is 6.08. The van der Waals surface area contributed by atoms with Gasteiger partial charge >= 0.3 is 0 Å². The maximum atomic E-state index is 14.5. The fourth-order valence-electron chi connectivity index (χ4n) is 4.24. The van der Waals surface area contributed by atoms with E-state index in [-0.39, 0.29) is 18.2 Å². The highest BCUT2D eigenvalue weighted by atomic mass is 19.1. The first-order chi connectivity index (χ1) is 17.5. The van der Waals surface area contributed by atoms with Crippen LogP contribution in [0.15, 0.2) is 78.9 Å². The van der Waals surface area contributed by atoms with Crippen molar-refractivity contribution >= 4 is 5.91 Å². The fraction of sp³-hybridized carbons (Fsp3) is 0.241. The van der Waals surface area contributed by atoms with Gasteiger partial charge in [0, 0.05) is 24.7 Å². The normalized spacial score (nSPS) is 12.9. The van der Waals surface area contributed by atoms with E-state index in [2.05, 4.69) is 0 Å². The largest absolute Gasteiger partial charge is 0.497 e. The minimum absolute atomic E-state index is 0.0968. The van der Waals surface area contributed by atoms with Crippen LogP contribution in [0.4, 0.5) is 4.39 Å². The summed E-state index contributed by atoms with van der Waals surface area (Å²) in [5.74, 6) is 1.04. The third kappa shape index (κ3) is 5.10. The van der Waals surface area contributed by atoms with E-state index in [1.54, 1.807) is 49.2 Å². The molecule has 5 rings (SSSR count). The minimum Gasteiger partial charge on any atom is -0.497 e. The van der Waals surface area contributed by atoms with Gasteiger partial charge in [-0.3, -0.25) is 4.79 Å². The average molecular weight is 486 g/mol. The summed E-state index contributed by atoms with van der Waals surface area (Å²) >= 11 is 0. The fourth-order valence-corrected chi connectivity index (χ4v) is 4.24. The van der Waals surface area contributed by atoms with Crippen LogP contribution in [0, 0.1) is 11.7 Å². The summed E-state index contributed by atoms with van der Waals surface area (Å²) in [7, 11) is 3.35. The molecule has 1 aliphatic rings. The number of aryl methyl sites for hydroxylation is 1. The summed E-state index contributed by atoms with van der Waals surface area (Å²) in [6, 6.07) is 23.2. The SMILES string of the molecule is COc1cccc(C(=O)N(Cc2c(-c3ccccc3)nn(C)c2Oc2ccccc2F)CC2CC2)c1. The molecule has 0 saturated heterocycles. The molecule has 1 amide bonds. The Kier molecular flexibility index (Phi) is 6.71. The molecule has 0 bridgehead atoms. The van der Waals surface area contributed by atoms with E-state index >= 15 is 0 Å². The zero-order valence-corrected chi connectivity index (χ0v) is 20.4. The Morgan fingerprint density at radius 2 is 1.81 bits per heavy atom. The first-order valence-corrected chi connectivity index (χ1v) is 12.0. The van der Waals surface area contributed by atoms with Crippen LogP contribution in [0.1, 0.15) is 28.8 Å². The van der Waals surface area contributed by atoms with Crippen molar-refractivity contribution in [1.82, 2.24) is 14.7 Å². The van der Waals surface area contributed by atoms with Crippen molar-refractivity contribution in [2.75, 3.05) is 13.7 Å². The van der Waals surface area contributed by atoms with Crippen molar-refractivity contribution in [3.05, 3.63) is 95.8 Å². The van der Waals surface area contributed by atoms with E-state index in [0.29, 0.717) is 35.3 Å². The number of hydrogen-bond donors (Lipinski definition) is 0. The van der Waals surface area contributed by atoms with Crippen LogP contribution in [0.25, 0.3) is 11.3 Å². The van der Waals surface area contributed by atoms with Crippen LogP contribution in [-0.2, 0) is 13.6 Å². The number of ether oxygens (including phenoxy) is 2. The smallest absolute Gasteiger partial charge is 0.254 e. The number of halogens is 1. The number of carbonyl (C=O) groups is 1. The summed E-state index contributed by atoms with van der Waals surface area (Å²) in [5.41, 5.74) is 2.87. The van der Waals surface area contributed by atoms with Gasteiger partial charge in [0.25, 0.3) is 5.91 Å². The van der Waals surface area contributed by atoms with Crippen LogP contribution < -0.4 is 9.47 Å². The van der Waals surface area contributed by atoms with Crippen molar-refractivity contribution in [2.24, 2.45) is 13.0 Å². The number of carbonyl (C=O) groups excluding carboxylic acids is 1. The second-order valence-electron chi connectivity index (χ2n) is 9.02. The molecule has 1 heterocycles. The van der Waals surface area contributed by atoms with Gasteiger partial charge in [-0.25, -0.2) is 9.07 Å². The summed E-state index contributed by atoms with van der Waals surface area (Å²) < 4.78 is 27.5. The van der Waals surface area contributed by atoms with Crippen LogP contribution in [-0.4, -0.2) is 34.2 Å². The molecular weight excluding hydrogens is 457 g/mol. The third-order valence-corrected chi connectivity index (χ3v) is 6.31. The first-order valence-electron chi connectivity index (χ1n) is 12.0. The summed E-state index contributed by atoms with van der Waals surface area (Å²) in [6.07, 6.45) is 2.19. The lowest BCUT2D eigenvalue weighted by Crippen LogP contribution is -2.32. The molecule has 1 aliphatic carbocycles. The second kappa shape index (κ2) is 10.2. The highest BCUT2D eigenvalue weighted by molar-refractivity contribution is 5.94. The lowest BCUT2D eigenvalue weighted by molar-refractivity contribution is 0.0733. The topological polar surface area (TPSA) is 56.6 Å². The highest BCUT2D eigenvalue weighted by Crippen LogP contribution is 2.37. The maximum Gasteiger partial charge on any atom is 0.254 e. The molecule has 6 nitrogen and oxygen atoms in total. The number of amides is 1. The highest BCUT2D eigenvalue weighted by Gasteiger charge is 2.30. The average Bonchev–Trinajstić information content (AvgIpc) is 3.68. The van der Waals surface area contributed by atoms with Crippen LogP contribution in [0.2, 0.25) is 0 Å². The van der Waals surface area contributed by atoms with Gasteiger partial charge in [0.1, 0.15) is 11.4 Å². The monoisotopic (exact) mass is 485 g/mol. The lowest BCUT2D eigenvalue weighted by atomic mass is 10.1. The Labute approximate surface area is 209 Å². The van der Waals surface area contributed by atoms with Crippen molar-refractivity contribution in [1.29, 1.82) is 0 Å². The molecule has 36 heavy (non-hydrogen) atoms. The lowest BCUT2D eigenvalue weighted by Gasteiger charge is -2.24. The van der Waals surface area contributed by atoms with E-state index in [0.717, 1.165) is 24.0 Å². The van der Waals surface area contributed by atoms with E-state index in [1.165, 1.54) is 6.07 Å². The van der Waals surface area contributed by atoms with Gasteiger partial charge in [-0.15, -0.1) is 0 Å². The Hall–Kier alpha value is -4.13. The molecule has 1 aromatic heterocycles. The molecule has 0 aliphatic heterocycles. The summed E-state index contributed by atoms with van der Waals surface area (Å²) in [6.45, 7) is 0.896. The van der Waals surface area contributed by atoms with Crippen molar-refractivity contribution in [3.8, 4) is 28.6 Å². The number of rotatable bonds is 9. The molecule has 1 fully saturated rings. The first kappa shape index (κ1) is 23.6. The minimum atomic E-state index is -0.465. The summed E-state index contributed by atoms with van der Waals surface area (Å²) in [4.78, 5) is 15.5. The maximum absolute atomic E-state index is 14.5. The quantitative estimate of drug-likeness (QED) is 0.288. The zero-order chi connectivity index (χ0) is 25.1. The Bertz CT molecular complexity index is 1370. The van der Waals surface area contributed by atoms with Gasteiger partial charge in [0.2, 0.25) is 5.88 Å². The van der Waals surface area contributed by atoms with E-state index in [9.17, 15) is 9.18 Å². The van der Waals surface area contributed by atoms with Crippen LogP contribution in [0.3, 0.4) is 0 Å². The molecular formula is C29H28FN3O3. The van der Waals surface area contributed by atoms with Gasteiger partial charge in [-0.05, 0) is 49.1 Å². The predicted molar refractivity (Wildman–Crippen MR) is 136 cm³/mol. The number of methoxy groups -OCH3 is 1. The third-order valence-electron chi connectivity index (χ3n) is 6.31. The number of nitrogens with zero attached hydrogens (tertiary/aromatic N) is 3. The number of hydrogen-bond acceptors (Lipinski definition) is 4. The van der Waals surface area contributed by atoms with E-state index < -0.39 is 5.82 Å². The summed E-state index contributed by atoms with van der Waals surface area (Å²) in [5, 5.41) is 4.73. The number of para-hydroxylation sites is 1. The van der Waals surface area contributed by atoms with Gasteiger partial charge < -0.3 is 14.4 Å². The van der Waals surface area contributed by atoms with Gasteiger partial charge in [0.05, 0.1) is 19.2 Å². The molecule has 0 spiro atoms. The van der Waals surface area contributed by atoms with Crippen LogP contribution >= 0.6 is 0 Å². The molecule has 1 saturated carbocycles. The van der Waals surface area contributed by atoms with E-state index in [1.807, 2.05) is 47.4 Å². The number of benzene rings is 3. The molecule has 0 N–H and O–H groups in total. The van der Waals surface area contributed by atoms with Crippen LogP contribution in [0.5, 0.6) is 17.4 Å². The standard InChI is InChI=1S/C29H28FN3O3/c1-32-29(36-26-14-7-6-13-25(26)30)24(27(31-32)21-9-4-3-5-10-21)19-33(18-20-15-16-20)28(34)22-11-8-12-23(17-22)35-2/h3-14,17,20H,15-16,18-19H2,1-2H3. The van der Waals surface area contributed by atoms with Gasteiger partial charge in [-0.2, -0.15) is 5.10 Å². The molecule has 4 aromatic rings. The molecule has 7 heteroatoms. The molecule has 3 aromatic carbocycles. The van der Waals surface area contributed by atoms with Crippen molar-refractivity contribution in [3.63, 3.8) is 0 Å². The van der Waals surface area contributed by atoms with Crippen molar-refractivity contribution in [2.45, 2.75) is 19.4 Å².